The molecule has 0 heterocycles. The summed E-state index contributed by atoms with van der Waals surface area (Å²) in [6.07, 6.45) is -2.89. The largest absolute Gasteiger partial charge is 0.391 e. The van der Waals surface area contributed by atoms with Crippen LogP contribution in [0.4, 0.5) is 18.9 Å². The van der Waals surface area contributed by atoms with Gasteiger partial charge in [-0.3, -0.25) is 4.79 Å². The molecule has 7 heteroatoms. The Morgan fingerprint density at radius 2 is 1.86 bits per heavy atom. The molecular formula is C15H20ClF3N2O. The summed E-state index contributed by atoms with van der Waals surface area (Å²) in [7, 11) is 0. The van der Waals surface area contributed by atoms with Crippen LogP contribution in [0.1, 0.15) is 25.7 Å². The number of hydrogen-bond acceptors (Lipinski definition) is 2. The van der Waals surface area contributed by atoms with Crippen molar-refractivity contribution in [3.05, 3.63) is 30.3 Å². The Morgan fingerprint density at radius 3 is 2.50 bits per heavy atom. The number of amides is 1. The van der Waals surface area contributed by atoms with Gasteiger partial charge in [0.15, 0.2) is 0 Å². The fourth-order valence-electron chi connectivity index (χ4n) is 2.64. The van der Waals surface area contributed by atoms with Gasteiger partial charge in [0.1, 0.15) is 0 Å². The second-order valence-electron chi connectivity index (χ2n) is 5.39. The molecule has 124 valence electrons. The van der Waals surface area contributed by atoms with E-state index in [4.69, 9.17) is 0 Å². The maximum Gasteiger partial charge on any atom is 0.391 e. The Balaban J connectivity index is 0.00000242. The fraction of sp³-hybridized carbons (Fsp3) is 0.533. The first kappa shape index (κ1) is 18.6. The maximum absolute atomic E-state index is 12.7. The second kappa shape index (κ2) is 8.27. The molecule has 1 amide bonds. The highest BCUT2D eigenvalue weighted by molar-refractivity contribution is 5.85. The zero-order chi connectivity index (χ0) is 15.3. The number of carbonyl (C=O) groups excluding carboxylic acids is 1. The highest BCUT2D eigenvalue weighted by atomic mass is 35.5. The van der Waals surface area contributed by atoms with Gasteiger partial charge in [0, 0.05) is 11.7 Å². The van der Waals surface area contributed by atoms with E-state index in [-0.39, 0.29) is 43.7 Å². The highest BCUT2D eigenvalue weighted by Gasteiger charge is 2.42. The van der Waals surface area contributed by atoms with Crippen molar-refractivity contribution in [1.29, 1.82) is 0 Å². The Kier molecular flexibility index (Phi) is 7.00. The second-order valence-corrected chi connectivity index (χ2v) is 5.39. The average molecular weight is 337 g/mol. The van der Waals surface area contributed by atoms with Gasteiger partial charge in [-0.25, -0.2) is 0 Å². The smallest absolute Gasteiger partial charge is 0.376 e. The average Bonchev–Trinajstić information content (AvgIpc) is 2.46. The number of rotatable bonds is 4. The zero-order valence-electron chi connectivity index (χ0n) is 12.0. The summed E-state index contributed by atoms with van der Waals surface area (Å²) in [5.41, 5.74) is 0.810. The molecule has 0 saturated heterocycles. The van der Waals surface area contributed by atoms with Crippen LogP contribution in [0.15, 0.2) is 30.3 Å². The molecule has 3 nitrogen and oxygen atoms in total. The van der Waals surface area contributed by atoms with Gasteiger partial charge in [0.25, 0.3) is 0 Å². The summed E-state index contributed by atoms with van der Waals surface area (Å²) in [5.74, 6) is -1.56. The first-order valence-electron chi connectivity index (χ1n) is 7.10. The molecule has 0 spiro atoms. The molecule has 2 N–H and O–H groups in total. The van der Waals surface area contributed by atoms with E-state index in [9.17, 15) is 18.0 Å². The SMILES string of the molecule is Cl.O=C(CNc1ccccc1)NC1CCCC(C(F)(F)F)C1. The third-order valence-electron chi connectivity index (χ3n) is 3.73. The first-order chi connectivity index (χ1) is 9.95. The van der Waals surface area contributed by atoms with Crippen molar-refractivity contribution in [1.82, 2.24) is 5.32 Å². The monoisotopic (exact) mass is 336 g/mol. The van der Waals surface area contributed by atoms with E-state index in [2.05, 4.69) is 10.6 Å². The van der Waals surface area contributed by atoms with Crippen LogP contribution in [0.3, 0.4) is 0 Å². The number of halogens is 4. The van der Waals surface area contributed by atoms with Crippen molar-refractivity contribution in [3.8, 4) is 0 Å². The van der Waals surface area contributed by atoms with Crippen LogP contribution in [-0.2, 0) is 4.79 Å². The van der Waals surface area contributed by atoms with Crippen LogP contribution in [-0.4, -0.2) is 24.7 Å². The molecule has 0 aromatic heterocycles. The molecule has 0 aliphatic heterocycles. The Morgan fingerprint density at radius 1 is 1.18 bits per heavy atom. The quantitative estimate of drug-likeness (QED) is 0.879. The summed E-state index contributed by atoms with van der Waals surface area (Å²) >= 11 is 0. The van der Waals surface area contributed by atoms with Gasteiger partial charge in [0.05, 0.1) is 12.5 Å². The number of hydrogen-bond donors (Lipinski definition) is 2. The number of benzene rings is 1. The van der Waals surface area contributed by atoms with E-state index in [1.165, 1.54) is 0 Å². The molecule has 1 saturated carbocycles. The van der Waals surface area contributed by atoms with Gasteiger partial charge in [-0.05, 0) is 31.4 Å². The molecule has 22 heavy (non-hydrogen) atoms. The Labute approximate surface area is 134 Å². The molecule has 0 radical (unpaired) electrons. The molecule has 2 atom stereocenters. The van der Waals surface area contributed by atoms with E-state index in [0.29, 0.717) is 12.8 Å². The lowest BCUT2D eigenvalue weighted by Crippen LogP contribution is -2.43. The normalized spacial score (nSPS) is 21.6. The molecule has 2 rings (SSSR count). The zero-order valence-corrected chi connectivity index (χ0v) is 12.8. The Bertz CT molecular complexity index is 468. The van der Waals surface area contributed by atoms with E-state index in [1.54, 1.807) is 0 Å². The minimum absolute atomic E-state index is 0. The lowest BCUT2D eigenvalue weighted by Gasteiger charge is -2.31. The van der Waals surface area contributed by atoms with E-state index < -0.39 is 12.1 Å². The van der Waals surface area contributed by atoms with Crippen molar-refractivity contribution >= 4 is 24.0 Å². The number of para-hydroxylation sites is 1. The molecule has 1 aromatic carbocycles. The number of anilines is 1. The van der Waals surface area contributed by atoms with Gasteiger partial charge in [-0.2, -0.15) is 13.2 Å². The van der Waals surface area contributed by atoms with Crippen LogP contribution in [0, 0.1) is 5.92 Å². The lowest BCUT2D eigenvalue weighted by atomic mass is 9.85. The number of carbonyl (C=O) groups is 1. The Hall–Kier alpha value is -1.43. The molecule has 0 bridgehead atoms. The minimum Gasteiger partial charge on any atom is -0.376 e. The van der Waals surface area contributed by atoms with E-state index in [0.717, 1.165) is 5.69 Å². The van der Waals surface area contributed by atoms with Crippen molar-refractivity contribution in [2.75, 3.05) is 11.9 Å². The number of nitrogens with one attached hydrogen (secondary N) is 2. The van der Waals surface area contributed by atoms with Crippen LogP contribution in [0.2, 0.25) is 0 Å². The van der Waals surface area contributed by atoms with Gasteiger partial charge in [-0.15, -0.1) is 12.4 Å². The van der Waals surface area contributed by atoms with E-state index >= 15 is 0 Å². The van der Waals surface area contributed by atoms with E-state index in [1.807, 2.05) is 30.3 Å². The summed E-state index contributed by atoms with van der Waals surface area (Å²) in [6, 6.07) is 8.83. The van der Waals surface area contributed by atoms with Crippen LogP contribution in [0.25, 0.3) is 0 Å². The number of alkyl halides is 3. The molecular weight excluding hydrogens is 317 g/mol. The summed E-state index contributed by atoms with van der Waals surface area (Å²) in [5, 5.41) is 5.63. The molecule has 2 unspecified atom stereocenters. The third-order valence-corrected chi connectivity index (χ3v) is 3.73. The predicted molar refractivity (Wildman–Crippen MR) is 82.1 cm³/mol. The summed E-state index contributed by atoms with van der Waals surface area (Å²) < 4.78 is 38.1. The summed E-state index contributed by atoms with van der Waals surface area (Å²) in [6.45, 7) is 0.0667. The lowest BCUT2D eigenvalue weighted by molar-refractivity contribution is -0.184. The molecule has 1 aromatic rings. The summed E-state index contributed by atoms with van der Waals surface area (Å²) in [4.78, 5) is 11.8. The van der Waals surface area contributed by atoms with Crippen LogP contribution in [0.5, 0.6) is 0 Å². The van der Waals surface area contributed by atoms with Gasteiger partial charge < -0.3 is 10.6 Å². The third kappa shape index (κ3) is 5.75. The van der Waals surface area contributed by atoms with Gasteiger partial charge in [-0.1, -0.05) is 24.6 Å². The molecule has 1 aliphatic rings. The van der Waals surface area contributed by atoms with Gasteiger partial charge >= 0.3 is 6.18 Å². The fourth-order valence-corrected chi connectivity index (χ4v) is 2.64. The van der Waals surface area contributed by atoms with Crippen molar-refractivity contribution in [2.45, 2.75) is 37.9 Å². The topological polar surface area (TPSA) is 41.1 Å². The molecule has 1 fully saturated rings. The van der Waals surface area contributed by atoms with Gasteiger partial charge in [0.2, 0.25) is 5.91 Å². The van der Waals surface area contributed by atoms with Crippen molar-refractivity contribution in [3.63, 3.8) is 0 Å². The minimum atomic E-state index is -4.16. The maximum atomic E-state index is 12.7. The predicted octanol–water partition coefficient (Wildman–Crippen LogP) is 3.76. The van der Waals surface area contributed by atoms with Crippen molar-refractivity contribution < 1.29 is 18.0 Å². The first-order valence-corrected chi connectivity index (χ1v) is 7.10. The van der Waals surface area contributed by atoms with Crippen LogP contribution < -0.4 is 10.6 Å². The van der Waals surface area contributed by atoms with Crippen molar-refractivity contribution in [2.24, 2.45) is 5.92 Å². The molecule has 1 aliphatic carbocycles. The standard InChI is InChI=1S/C15H19F3N2O.ClH/c16-15(17,18)11-5-4-8-13(9-11)20-14(21)10-19-12-6-2-1-3-7-12;/h1-3,6-7,11,13,19H,4-5,8-10H2,(H,20,21);1H. The highest BCUT2D eigenvalue weighted by Crippen LogP contribution is 2.37. The van der Waals surface area contributed by atoms with Crippen LogP contribution >= 0.6 is 12.4 Å².